The Kier molecular flexibility index (Phi) is 7.76. The highest BCUT2D eigenvalue weighted by molar-refractivity contribution is 5.81. The molecule has 1 aliphatic rings. The smallest absolute Gasteiger partial charge is 0.148 e. The van der Waals surface area contributed by atoms with Gasteiger partial charge in [0.25, 0.3) is 0 Å². The van der Waals surface area contributed by atoms with E-state index in [0.717, 1.165) is 34.8 Å². The molecule has 0 bridgehead atoms. The van der Waals surface area contributed by atoms with Crippen LogP contribution in [0, 0.1) is 0 Å². The number of rotatable bonds is 9. The molecule has 140 valence electrons. The number of fused-ring (bicyclic) bond motifs is 1. The van der Waals surface area contributed by atoms with E-state index in [9.17, 15) is 0 Å². The first-order valence-electron chi connectivity index (χ1n) is 8.78. The van der Waals surface area contributed by atoms with Crippen molar-refractivity contribution < 1.29 is 9.47 Å². The van der Waals surface area contributed by atoms with Crippen LogP contribution < -0.4 is 21.1 Å². The predicted molar refractivity (Wildman–Crippen MR) is 107 cm³/mol. The van der Waals surface area contributed by atoms with Crippen molar-refractivity contribution in [2.75, 3.05) is 25.6 Å². The van der Waals surface area contributed by atoms with Crippen LogP contribution in [0.2, 0.25) is 0 Å². The first kappa shape index (κ1) is 19.6. The Morgan fingerprint density at radius 2 is 2.19 bits per heavy atom. The van der Waals surface area contributed by atoms with Crippen LogP contribution in [0.5, 0.6) is 5.75 Å². The minimum Gasteiger partial charge on any atom is -0.491 e. The number of ether oxygens (including phenoxy) is 2. The Morgan fingerprint density at radius 1 is 1.35 bits per heavy atom. The molecule has 6 nitrogen and oxygen atoms in total. The van der Waals surface area contributed by atoms with Gasteiger partial charge in [-0.2, -0.15) is 0 Å². The molecule has 0 radical (unpaired) electrons. The average molecular weight is 356 g/mol. The molecule has 6 heteroatoms. The zero-order valence-electron chi connectivity index (χ0n) is 15.7. The molecular weight excluding hydrogens is 328 g/mol. The fourth-order valence-electron chi connectivity index (χ4n) is 2.44. The third kappa shape index (κ3) is 5.67. The van der Waals surface area contributed by atoms with Gasteiger partial charge in [0.2, 0.25) is 0 Å². The van der Waals surface area contributed by atoms with Crippen LogP contribution in [-0.4, -0.2) is 26.7 Å². The molecule has 1 heterocycles. The average Bonchev–Trinajstić information content (AvgIpc) is 2.66. The maximum absolute atomic E-state index is 5.85. The lowest BCUT2D eigenvalue weighted by Crippen LogP contribution is -2.23. The summed E-state index contributed by atoms with van der Waals surface area (Å²) in [6, 6.07) is 5.94. The van der Waals surface area contributed by atoms with Crippen molar-refractivity contribution in [2.45, 2.75) is 26.4 Å². The van der Waals surface area contributed by atoms with E-state index in [1.165, 1.54) is 0 Å². The van der Waals surface area contributed by atoms with Crippen molar-refractivity contribution >= 4 is 12.0 Å². The quantitative estimate of drug-likeness (QED) is 0.466. The Morgan fingerprint density at radius 3 is 2.92 bits per heavy atom. The third-order valence-electron chi connectivity index (χ3n) is 3.84. The van der Waals surface area contributed by atoms with E-state index in [2.05, 4.69) is 28.6 Å². The van der Waals surface area contributed by atoms with E-state index in [0.29, 0.717) is 13.2 Å². The van der Waals surface area contributed by atoms with Crippen LogP contribution >= 0.6 is 0 Å². The lowest BCUT2D eigenvalue weighted by atomic mass is 10.1. The van der Waals surface area contributed by atoms with E-state index in [1.54, 1.807) is 13.4 Å². The second kappa shape index (κ2) is 10.3. The second-order valence-corrected chi connectivity index (χ2v) is 5.75. The van der Waals surface area contributed by atoms with Crippen molar-refractivity contribution in [1.82, 2.24) is 5.32 Å². The molecule has 1 aliphatic heterocycles. The Bertz CT molecular complexity index is 708. The van der Waals surface area contributed by atoms with Gasteiger partial charge in [-0.05, 0) is 37.6 Å². The highest BCUT2D eigenvalue weighted by atomic mass is 16.5. The molecule has 1 aromatic carbocycles. The molecule has 2 rings (SSSR count). The van der Waals surface area contributed by atoms with Crippen molar-refractivity contribution in [2.24, 2.45) is 10.7 Å². The molecule has 0 saturated heterocycles. The Balaban J connectivity index is 2.13. The number of benzene rings is 1. The number of aliphatic imine (C=N–C) groups is 1. The molecule has 0 aliphatic carbocycles. The van der Waals surface area contributed by atoms with Gasteiger partial charge in [0.1, 0.15) is 18.5 Å². The summed E-state index contributed by atoms with van der Waals surface area (Å²) in [6.45, 7) is 5.09. The molecule has 0 fully saturated rings. The molecule has 0 spiro atoms. The second-order valence-electron chi connectivity index (χ2n) is 5.75. The van der Waals surface area contributed by atoms with Gasteiger partial charge in [0.15, 0.2) is 0 Å². The number of methoxy groups -OCH3 is 1. The molecule has 0 saturated carbocycles. The van der Waals surface area contributed by atoms with Crippen LogP contribution in [0.25, 0.3) is 0 Å². The number of allylic oxidation sites excluding steroid dienone is 4. The molecule has 0 aromatic heterocycles. The minimum atomic E-state index is -0.173. The predicted octanol–water partition coefficient (Wildman–Crippen LogP) is 3.47. The van der Waals surface area contributed by atoms with Gasteiger partial charge in [0, 0.05) is 30.1 Å². The number of nitrogens with zero attached hydrogens (tertiary/aromatic N) is 1. The summed E-state index contributed by atoms with van der Waals surface area (Å²) in [5.74, 6) is 0.799. The van der Waals surface area contributed by atoms with Gasteiger partial charge < -0.3 is 25.8 Å². The SMILES string of the molecule is C\C=C(N)/C=C\C(=C\CC)NC1N=CNc2cc(OCCOC)ccc21. The molecule has 4 N–H and O–H groups in total. The number of nitrogens with one attached hydrogen (secondary N) is 2. The zero-order chi connectivity index (χ0) is 18.8. The summed E-state index contributed by atoms with van der Waals surface area (Å²) in [4.78, 5) is 4.52. The topological polar surface area (TPSA) is 80.9 Å². The molecule has 26 heavy (non-hydrogen) atoms. The maximum Gasteiger partial charge on any atom is 0.148 e. The lowest BCUT2D eigenvalue weighted by molar-refractivity contribution is 0.146. The summed E-state index contributed by atoms with van der Waals surface area (Å²) in [5.41, 5.74) is 9.58. The summed E-state index contributed by atoms with van der Waals surface area (Å²) in [7, 11) is 1.66. The van der Waals surface area contributed by atoms with E-state index in [-0.39, 0.29) is 6.17 Å². The van der Waals surface area contributed by atoms with Crippen LogP contribution in [0.1, 0.15) is 32.0 Å². The monoisotopic (exact) mass is 356 g/mol. The van der Waals surface area contributed by atoms with Gasteiger partial charge in [-0.1, -0.05) is 19.1 Å². The van der Waals surface area contributed by atoms with Crippen LogP contribution in [0.4, 0.5) is 5.69 Å². The van der Waals surface area contributed by atoms with E-state index in [4.69, 9.17) is 15.2 Å². The first-order chi connectivity index (χ1) is 12.7. The highest BCUT2D eigenvalue weighted by Gasteiger charge is 2.18. The number of anilines is 1. The molecule has 1 aromatic rings. The third-order valence-corrected chi connectivity index (χ3v) is 3.84. The maximum atomic E-state index is 5.85. The lowest BCUT2D eigenvalue weighted by Gasteiger charge is -2.24. The minimum absolute atomic E-state index is 0.173. The highest BCUT2D eigenvalue weighted by Crippen LogP contribution is 2.31. The van der Waals surface area contributed by atoms with Crippen LogP contribution in [0.3, 0.4) is 0 Å². The fourth-order valence-corrected chi connectivity index (χ4v) is 2.44. The number of nitrogens with two attached hydrogens (primary N) is 1. The zero-order valence-corrected chi connectivity index (χ0v) is 15.7. The van der Waals surface area contributed by atoms with E-state index < -0.39 is 0 Å². The number of hydrogen-bond acceptors (Lipinski definition) is 6. The largest absolute Gasteiger partial charge is 0.491 e. The van der Waals surface area contributed by atoms with Crippen molar-refractivity contribution in [3.05, 3.63) is 59.5 Å². The summed E-state index contributed by atoms with van der Waals surface area (Å²) in [5, 5.41) is 6.64. The van der Waals surface area contributed by atoms with Gasteiger partial charge in [0.05, 0.1) is 18.6 Å². The van der Waals surface area contributed by atoms with Crippen molar-refractivity contribution in [3.8, 4) is 5.75 Å². The van der Waals surface area contributed by atoms with Crippen molar-refractivity contribution in [3.63, 3.8) is 0 Å². The molecular formula is C20H28N4O2. The molecule has 0 amide bonds. The summed E-state index contributed by atoms with van der Waals surface area (Å²) >= 11 is 0. The Labute approximate surface area is 155 Å². The van der Waals surface area contributed by atoms with Gasteiger partial charge in [-0.3, -0.25) is 0 Å². The Hall–Kier alpha value is -2.73. The van der Waals surface area contributed by atoms with Gasteiger partial charge in [-0.15, -0.1) is 0 Å². The summed E-state index contributed by atoms with van der Waals surface area (Å²) in [6.07, 6.45) is 10.3. The van der Waals surface area contributed by atoms with Crippen molar-refractivity contribution in [1.29, 1.82) is 0 Å². The first-order valence-corrected chi connectivity index (χ1v) is 8.78. The van der Waals surface area contributed by atoms with E-state index >= 15 is 0 Å². The molecule has 1 unspecified atom stereocenters. The van der Waals surface area contributed by atoms with Crippen LogP contribution in [-0.2, 0) is 4.74 Å². The summed E-state index contributed by atoms with van der Waals surface area (Å²) < 4.78 is 10.7. The standard InChI is InChI=1S/C20H28N4O2/c1-4-6-16(8-7-15(21)5-2)24-20-18-10-9-17(26-12-11-25-3)13-19(18)22-14-23-20/h5-10,13-14,20,24H,4,11-12,21H2,1-3H3,(H,22,23)/b8-7-,15-5+,16-6-. The molecule has 1 atom stereocenters. The van der Waals surface area contributed by atoms with Crippen LogP contribution in [0.15, 0.2) is 58.9 Å². The van der Waals surface area contributed by atoms with Gasteiger partial charge in [-0.25, -0.2) is 4.99 Å². The van der Waals surface area contributed by atoms with E-state index in [1.807, 2.05) is 43.4 Å². The normalized spacial score (nSPS) is 17.1. The fraction of sp³-hybridized carbons (Fsp3) is 0.350. The number of hydrogen-bond donors (Lipinski definition) is 3. The van der Waals surface area contributed by atoms with Gasteiger partial charge >= 0.3 is 0 Å².